The number of aryl methyl sites for hydroxylation is 2. The van der Waals surface area contributed by atoms with Gasteiger partial charge in [0.15, 0.2) is 0 Å². The van der Waals surface area contributed by atoms with Crippen molar-refractivity contribution in [1.82, 2.24) is 4.90 Å². The summed E-state index contributed by atoms with van der Waals surface area (Å²) in [7, 11) is 0. The Bertz CT molecular complexity index is 1000. The number of nitrogens with zero attached hydrogens (tertiary/aromatic N) is 1. The Hall–Kier alpha value is -2.54. The van der Waals surface area contributed by atoms with Crippen molar-refractivity contribution in [3.8, 4) is 0 Å². The minimum atomic E-state index is -0.0130. The summed E-state index contributed by atoms with van der Waals surface area (Å²) in [5.41, 5.74) is 9.42. The molecule has 1 aliphatic carbocycles. The van der Waals surface area contributed by atoms with Crippen LogP contribution in [0.25, 0.3) is 5.57 Å². The zero-order valence-corrected chi connectivity index (χ0v) is 16.0. The molecule has 5 rings (SSSR count). The van der Waals surface area contributed by atoms with Gasteiger partial charge in [-0.15, -0.1) is 0 Å². The number of benzene rings is 2. The summed E-state index contributed by atoms with van der Waals surface area (Å²) in [6.07, 6.45) is 7.02. The van der Waals surface area contributed by atoms with Crippen LogP contribution in [0.3, 0.4) is 0 Å². The van der Waals surface area contributed by atoms with Crippen molar-refractivity contribution in [2.75, 3.05) is 0 Å². The molecule has 0 spiro atoms. The molecule has 2 aromatic carbocycles. The van der Waals surface area contributed by atoms with E-state index in [4.69, 9.17) is 0 Å². The van der Waals surface area contributed by atoms with E-state index in [2.05, 4.69) is 100.0 Å². The quantitative estimate of drug-likeness (QED) is 0.588. The van der Waals surface area contributed by atoms with Crippen LogP contribution < -0.4 is 0 Å². The molecule has 0 amide bonds. The summed E-state index contributed by atoms with van der Waals surface area (Å²) >= 11 is 0. The van der Waals surface area contributed by atoms with Gasteiger partial charge >= 0.3 is 0 Å². The molecule has 3 atom stereocenters. The average Bonchev–Trinajstić information content (AvgIpc) is 3.09. The van der Waals surface area contributed by atoms with E-state index in [1.807, 2.05) is 0 Å². The Labute approximate surface area is 156 Å². The molecule has 0 aromatic heterocycles. The third-order valence-electron chi connectivity index (χ3n) is 7.03. The molecule has 1 nitrogen and oxygen atoms in total. The Morgan fingerprint density at radius 2 is 1.69 bits per heavy atom. The van der Waals surface area contributed by atoms with E-state index in [0.29, 0.717) is 0 Å². The minimum absolute atomic E-state index is 0.0130. The van der Waals surface area contributed by atoms with Crippen molar-refractivity contribution < 1.29 is 0 Å². The van der Waals surface area contributed by atoms with E-state index in [-0.39, 0.29) is 17.0 Å². The maximum atomic E-state index is 4.48. The van der Waals surface area contributed by atoms with E-state index >= 15 is 0 Å². The molecule has 130 valence electrons. The summed E-state index contributed by atoms with van der Waals surface area (Å²) in [6, 6.07) is 16.0. The molecule has 26 heavy (non-hydrogen) atoms. The van der Waals surface area contributed by atoms with Gasteiger partial charge in [-0.05, 0) is 55.5 Å². The van der Waals surface area contributed by atoms with Crippen LogP contribution >= 0.6 is 0 Å². The number of rotatable bonds is 1. The van der Waals surface area contributed by atoms with Gasteiger partial charge in [-0.3, -0.25) is 0 Å². The smallest absolute Gasteiger partial charge is 0.0736 e. The minimum Gasteiger partial charge on any atom is -0.356 e. The molecule has 0 radical (unpaired) electrons. The molecule has 2 aliphatic heterocycles. The van der Waals surface area contributed by atoms with Gasteiger partial charge in [0.05, 0.1) is 11.6 Å². The first-order chi connectivity index (χ1) is 12.4. The van der Waals surface area contributed by atoms with Crippen molar-refractivity contribution in [2.45, 2.75) is 44.7 Å². The highest BCUT2D eigenvalue weighted by molar-refractivity contribution is 5.78. The second-order valence-corrected chi connectivity index (χ2v) is 8.44. The summed E-state index contributed by atoms with van der Waals surface area (Å²) in [5, 5.41) is 0. The molecule has 0 saturated heterocycles. The van der Waals surface area contributed by atoms with Crippen LogP contribution in [0.5, 0.6) is 0 Å². The Morgan fingerprint density at radius 3 is 2.42 bits per heavy atom. The molecule has 3 unspecified atom stereocenters. The topological polar surface area (TPSA) is 3.24 Å². The summed E-state index contributed by atoms with van der Waals surface area (Å²) in [6.45, 7) is 13.5. The third-order valence-corrected chi connectivity index (χ3v) is 7.03. The van der Waals surface area contributed by atoms with Gasteiger partial charge in [-0.1, -0.05) is 72.3 Å². The highest BCUT2D eigenvalue weighted by Gasteiger charge is 2.72. The summed E-state index contributed by atoms with van der Waals surface area (Å²) < 4.78 is 0. The van der Waals surface area contributed by atoms with E-state index < -0.39 is 0 Å². The van der Waals surface area contributed by atoms with Gasteiger partial charge in [0, 0.05) is 11.6 Å². The first kappa shape index (κ1) is 15.7. The normalized spacial score (nSPS) is 31.1. The van der Waals surface area contributed by atoms with Gasteiger partial charge in [0.2, 0.25) is 0 Å². The lowest BCUT2D eigenvalue weighted by Crippen LogP contribution is -2.44. The van der Waals surface area contributed by atoms with E-state index in [0.717, 1.165) is 0 Å². The summed E-state index contributed by atoms with van der Waals surface area (Å²) in [5.74, 6) is 0. The van der Waals surface area contributed by atoms with Crippen LogP contribution in [0, 0.1) is 13.8 Å². The Kier molecular flexibility index (Phi) is 2.89. The summed E-state index contributed by atoms with van der Waals surface area (Å²) in [4.78, 5) is 2.55. The molecular formula is C25H25N. The monoisotopic (exact) mass is 339 g/mol. The van der Waals surface area contributed by atoms with Crippen LogP contribution in [-0.4, -0.2) is 10.4 Å². The second kappa shape index (κ2) is 4.79. The molecule has 0 bridgehead atoms. The molecule has 1 heteroatoms. The maximum absolute atomic E-state index is 4.48. The first-order valence-corrected chi connectivity index (χ1v) is 9.44. The van der Waals surface area contributed by atoms with Crippen LogP contribution in [0.2, 0.25) is 0 Å². The van der Waals surface area contributed by atoms with Gasteiger partial charge in [0.1, 0.15) is 0 Å². The Morgan fingerprint density at radius 1 is 1.00 bits per heavy atom. The number of fused-ring (bicyclic) bond motifs is 6. The number of hydrogen-bond acceptors (Lipinski definition) is 1. The van der Waals surface area contributed by atoms with Crippen LogP contribution in [0.4, 0.5) is 0 Å². The van der Waals surface area contributed by atoms with Crippen LogP contribution in [-0.2, 0) is 5.41 Å². The van der Waals surface area contributed by atoms with Crippen molar-refractivity contribution in [3.63, 3.8) is 0 Å². The van der Waals surface area contributed by atoms with Crippen molar-refractivity contribution in [3.05, 3.63) is 101 Å². The highest BCUT2D eigenvalue weighted by atomic mass is 15.3. The zero-order chi connectivity index (χ0) is 18.3. The van der Waals surface area contributed by atoms with E-state index in [9.17, 15) is 0 Å². The van der Waals surface area contributed by atoms with Gasteiger partial charge in [-0.2, -0.15) is 0 Å². The van der Waals surface area contributed by atoms with Crippen molar-refractivity contribution in [1.29, 1.82) is 0 Å². The molecule has 1 fully saturated rings. The fraction of sp³-hybridized carbons (Fsp3) is 0.280. The second-order valence-electron chi connectivity index (χ2n) is 8.44. The largest absolute Gasteiger partial charge is 0.356 e. The SMILES string of the molecule is C=C1C2(C)c3ccccc3C3C=CC(c4cc(C)cc(C)c4)=CN3C12C. The molecule has 2 aromatic rings. The predicted octanol–water partition coefficient (Wildman–Crippen LogP) is 5.86. The Balaban J connectivity index is 1.68. The van der Waals surface area contributed by atoms with Crippen LogP contribution in [0.1, 0.15) is 47.7 Å². The molecule has 2 heterocycles. The van der Waals surface area contributed by atoms with E-state index in [1.54, 1.807) is 0 Å². The molecule has 0 N–H and O–H groups in total. The van der Waals surface area contributed by atoms with Crippen molar-refractivity contribution in [2.24, 2.45) is 0 Å². The highest BCUT2D eigenvalue weighted by Crippen LogP contribution is 2.70. The number of allylic oxidation sites excluding steroid dienone is 2. The number of hydrogen-bond donors (Lipinski definition) is 0. The van der Waals surface area contributed by atoms with Crippen molar-refractivity contribution >= 4 is 5.57 Å². The van der Waals surface area contributed by atoms with Crippen LogP contribution in [0.15, 0.2) is 73.0 Å². The fourth-order valence-electron chi connectivity index (χ4n) is 5.34. The lowest BCUT2D eigenvalue weighted by Gasteiger charge is -2.44. The molecule has 1 saturated carbocycles. The molecular weight excluding hydrogens is 314 g/mol. The lowest BCUT2D eigenvalue weighted by atomic mass is 9.79. The zero-order valence-electron chi connectivity index (χ0n) is 16.0. The fourth-order valence-corrected chi connectivity index (χ4v) is 5.34. The van der Waals surface area contributed by atoms with Gasteiger partial charge in [0.25, 0.3) is 0 Å². The molecule has 3 aliphatic rings. The van der Waals surface area contributed by atoms with E-state index in [1.165, 1.54) is 39.0 Å². The maximum Gasteiger partial charge on any atom is 0.0736 e. The average molecular weight is 339 g/mol. The standard InChI is InChI=1S/C25H25N/c1-16-12-17(2)14-20(13-16)19-10-11-23-21-8-6-7-9-22(21)24(4)18(3)25(24,5)26(23)15-19/h6-15,23H,3H2,1-2,4-5H3. The lowest BCUT2D eigenvalue weighted by molar-refractivity contribution is 0.194. The third kappa shape index (κ3) is 1.71. The predicted molar refractivity (Wildman–Crippen MR) is 109 cm³/mol. The first-order valence-electron chi connectivity index (χ1n) is 9.44. The van der Waals surface area contributed by atoms with Gasteiger partial charge < -0.3 is 4.90 Å². The van der Waals surface area contributed by atoms with Gasteiger partial charge in [-0.25, -0.2) is 0 Å².